The monoisotopic (exact) mass is 302 g/mol. The fourth-order valence-corrected chi connectivity index (χ4v) is 6.87. The molecule has 6 atom stereocenters. The second kappa shape index (κ2) is 4.93. The zero-order valence-electron chi connectivity index (χ0n) is 14.1. The van der Waals surface area contributed by atoms with Gasteiger partial charge in [0, 0.05) is 6.42 Å². The third-order valence-corrected chi connectivity index (χ3v) is 8.21. The molecule has 3 saturated carbocycles. The molecule has 0 aromatic rings. The van der Waals surface area contributed by atoms with Gasteiger partial charge in [0.15, 0.2) is 5.78 Å². The van der Waals surface area contributed by atoms with Crippen LogP contribution >= 0.6 is 0 Å². The molecule has 0 spiro atoms. The first kappa shape index (κ1) is 14.9. The first-order valence-electron chi connectivity index (χ1n) is 9.44. The van der Waals surface area contributed by atoms with E-state index in [1.165, 1.54) is 31.3 Å². The van der Waals surface area contributed by atoms with Gasteiger partial charge in [-0.25, -0.2) is 0 Å². The minimum atomic E-state index is -0.429. The Bertz CT molecular complexity index is 522. The summed E-state index contributed by atoms with van der Waals surface area (Å²) in [6.45, 7) is 4.54. The standard InChI is InChI=1S/C20H30O2/c1-3-20(22)11-9-18-17-6-4-13-12-14(21)5-7-15(13)16(17)8-10-19(18,20)2/h12,15-18,22H,3-11H2,1-2H3/t15-,16+,17+,18-,19-,20+/m0/s1. The highest BCUT2D eigenvalue weighted by Gasteiger charge is 2.61. The van der Waals surface area contributed by atoms with E-state index >= 15 is 0 Å². The van der Waals surface area contributed by atoms with E-state index in [9.17, 15) is 9.90 Å². The van der Waals surface area contributed by atoms with Crippen LogP contribution in [-0.4, -0.2) is 16.5 Å². The number of allylic oxidation sites excluding steroid dienone is 1. The van der Waals surface area contributed by atoms with E-state index in [0.717, 1.165) is 43.9 Å². The summed E-state index contributed by atoms with van der Waals surface area (Å²) >= 11 is 0. The number of hydrogen-bond donors (Lipinski definition) is 1. The van der Waals surface area contributed by atoms with Crippen LogP contribution in [0, 0.1) is 29.1 Å². The first-order chi connectivity index (χ1) is 10.5. The Morgan fingerprint density at radius 3 is 2.73 bits per heavy atom. The van der Waals surface area contributed by atoms with Crippen LogP contribution in [-0.2, 0) is 4.79 Å². The zero-order valence-corrected chi connectivity index (χ0v) is 14.1. The molecule has 0 radical (unpaired) electrons. The first-order valence-corrected chi connectivity index (χ1v) is 9.44. The minimum Gasteiger partial charge on any atom is -0.389 e. The SMILES string of the molecule is CC[C@@]1(O)CC[C@H]2[C@@H]3CCC4=CC(=O)CC[C@@H]4[C@H]3CC[C@@]21C. The van der Waals surface area contributed by atoms with Gasteiger partial charge >= 0.3 is 0 Å². The van der Waals surface area contributed by atoms with Crippen LogP contribution in [0.15, 0.2) is 11.6 Å². The van der Waals surface area contributed by atoms with Gasteiger partial charge in [-0.1, -0.05) is 19.4 Å². The van der Waals surface area contributed by atoms with E-state index in [0.29, 0.717) is 17.6 Å². The summed E-state index contributed by atoms with van der Waals surface area (Å²) in [5.41, 5.74) is 1.17. The van der Waals surface area contributed by atoms with E-state index in [-0.39, 0.29) is 5.41 Å². The van der Waals surface area contributed by atoms with Gasteiger partial charge < -0.3 is 5.11 Å². The predicted octanol–water partition coefficient (Wildman–Crippen LogP) is 4.27. The highest BCUT2D eigenvalue weighted by atomic mass is 16.3. The van der Waals surface area contributed by atoms with Gasteiger partial charge in [-0.05, 0) is 86.5 Å². The molecule has 4 aliphatic rings. The van der Waals surface area contributed by atoms with Crippen LogP contribution in [0.4, 0.5) is 0 Å². The molecule has 0 heterocycles. The number of hydrogen-bond acceptors (Lipinski definition) is 2. The third kappa shape index (κ3) is 1.85. The number of fused-ring (bicyclic) bond motifs is 5. The molecule has 0 bridgehead atoms. The highest BCUT2D eigenvalue weighted by Crippen LogP contribution is 2.65. The Balaban J connectivity index is 1.63. The fourth-order valence-electron chi connectivity index (χ4n) is 6.87. The van der Waals surface area contributed by atoms with Crippen molar-refractivity contribution < 1.29 is 9.90 Å². The molecule has 3 fully saturated rings. The van der Waals surface area contributed by atoms with Crippen molar-refractivity contribution in [1.29, 1.82) is 0 Å². The van der Waals surface area contributed by atoms with E-state index in [1.54, 1.807) is 0 Å². The van der Waals surface area contributed by atoms with Gasteiger partial charge in [-0.2, -0.15) is 0 Å². The van der Waals surface area contributed by atoms with Crippen molar-refractivity contribution in [2.45, 2.75) is 77.2 Å². The average Bonchev–Trinajstić information content (AvgIpc) is 2.79. The molecule has 4 aliphatic carbocycles. The van der Waals surface area contributed by atoms with Crippen molar-refractivity contribution in [3.8, 4) is 0 Å². The Morgan fingerprint density at radius 1 is 1.14 bits per heavy atom. The summed E-state index contributed by atoms with van der Waals surface area (Å²) < 4.78 is 0. The second-order valence-electron chi connectivity index (χ2n) is 8.68. The van der Waals surface area contributed by atoms with Gasteiger partial charge in [-0.15, -0.1) is 0 Å². The summed E-state index contributed by atoms with van der Waals surface area (Å²) in [6, 6.07) is 0. The maximum absolute atomic E-state index is 11.7. The van der Waals surface area contributed by atoms with Gasteiger partial charge in [0.1, 0.15) is 0 Å². The molecule has 0 aromatic heterocycles. The van der Waals surface area contributed by atoms with Crippen molar-refractivity contribution in [3.63, 3.8) is 0 Å². The molecular formula is C20H30O2. The fraction of sp³-hybridized carbons (Fsp3) is 0.850. The van der Waals surface area contributed by atoms with E-state index in [4.69, 9.17) is 0 Å². The van der Waals surface area contributed by atoms with Gasteiger partial charge in [0.05, 0.1) is 5.60 Å². The van der Waals surface area contributed by atoms with Crippen molar-refractivity contribution in [1.82, 2.24) is 0 Å². The molecule has 0 unspecified atom stereocenters. The lowest BCUT2D eigenvalue weighted by Crippen LogP contribution is -2.52. The lowest BCUT2D eigenvalue weighted by molar-refractivity contribution is -0.122. The maximum Gasteiger partial charge on any atom is 0.155 e. The normalized spacial score (nSPS) is 50.9. The molecule has 2 nitrogen and oxygen atoms in total. The van der Waals surface area contributed by atoms with Crippen molar-refractivity contribution >= 4 is 5.78 Å². The largest absolute Gasteiger partial charge is 0.389 e. The predicted molar refractivity (Wildman–Crippen MR) is 87.3 cm³/mol. The Kier molecular flexibility index (Phi) is 3.35. The van der Waals surface area contributed by atoms with Crippen LogP contribution in [0.3, 0.4) is 0 Å². The zero-order chi connectivity index (χ0) is 15.5. The highest BCUT2D eigenvalue weighted by molar-refractivity contribution is 5.91. The van der Waals surface area contributed by atoms with Gasteiger partial charge in [0.2, 0.25) is 0 Å². The quantitative estimate of drug-likeness (QED) is 0.785. The minimum absolute atomic E-state index is 0.134. The molecule has 0 aromatic carbocycles. The van der Waals surface area contributed by atoms with Crippen LogP contribution in [0.25, 0.3) is 0 Å². The van der Waals surface area contributed by atoms with Crippen LogP contribution in [0.1, 0.15) is 71.6 Å². The maximum atomic E-state index is 11.7. The van der Waals surface area contributed by atoms with Crippen LogP contribution in [0.2, 0.25) is 0 Å². The van der Waals surface area contributed by atoms with Crippen LogP contribution in [0.5, 0.6) is 0 Å². The molecule has 2 heteroatoms. The molecule has 22 heavy (non-hydrogen) atoms. The Hall–Kier alpha value is -0.630. The summed E-state index contributed by atoms with van der Waals surface area (Å²) in [7, 11) is 0. The van der Waals surface area contributed by atoms with E-state index < -0.39 is 5.60 Å². The summed E-state index contributed by atoms with van der Waals surface area (Å²) in [5, 5.41) is 11.2. The van der Waals surface area contributed by atoms with Crippen molar-refractivity contribution in [2.75, 3.05) is 0 Å². The number of ketones is 1. The van der Waals surface area contributed by atoms with Crippen molar-refractivity contribution in [3.05, 3.63) is 11.6 Å². The Morgan fingerprint density at radius 2 is 1.95 bits per heavy atom. The van der Waals surface area contributed by atoms with Crippen molar-refractivity contribution in [2.24, 2.45) is 29.1 Å². The molecule has 4 rings (SSSR count). The molecule has 0 amide bonds. The van der Waals surface area contributed by atoms with E-state index in [1.807, 2.05) is 6.08 Å². The second-order valence-corrected chi connectivity index (χ2v) is 8.68. The van der Waals surface area contributed by atoms with Gasteiger partial charge in [-0.3, -0.25) is 4.79 Å². The molecule has 1 N–H and O–H groups in total. The summed E-state index contributed by atoms with van der Waals surface area (Å²) in [6.07, 6.45) is 11.8. The summed E-state index contributed by atoms with van der Waals surface area (Å²) in [4.78, 5) is 11.7. The third-order valence-electron chi connectivity index (χ3n) is 8.21. The number of rotatable bonds is 1. The number of carbonyl (C=O) groups is 1. The molecule has 0 aliphatic heterocycles. The number of aliphatic hydroxyl groups is 1. The smallest absolute Gasteiger partial charge is 0.155 e. The summed E-state index contributed by atoms with van der Waals surface area (Å²) in [5.74, 6) is 3.30. The van der Waals surface area contributed by atoms with Gasteiger partial charge in [0.25, 0.3) is 0 Å². The van der Waals surface area contributed by atoms with Crippen LogP contribution < -0.4 is 0 Å². The topological polar surface area (TPSA) is 37.3 Å². The molecule has 0 saturated heterocycles. The molecule has 122 valence electrons. The van der Waals surface area contributed by atoms with E-state index in [2.05, 4.69) is 13.8 Å². The lowest BCUT2D eigenvalue weighted by atomic mass is 9.50. The molecular weight excluding hydrogens is 272 g/mol. The average molecular weight is 302 g/mol. The number of carbonyl (C=O) groups excluding carboxylic acids is 1. The Labute approximate surface area is 134 Å². The lowest BCUT2D eigenvalue weighted by Gasteiger charge is -2.55.